The van der Waals surface area contributed by atoms with Crippen molar-refractivity contribution in [3.8, 4) is 0 Å². The van der Waals surface area contributed by atoms with Crippen LogP contribution in [0.2, 0.25) is 0 Å². The Labute approximate surface area is 106 Å². The highest BCUT2D eigenvalue weighted by Crippen LogP contribution is 2.61. The molecule has 0 radical (unpaired) electrons. The summed E-state index contributed by atoms with van der Waals surface area (Å²) in [5, 5.41) is 0. The highest BCUT2D eigenvalue weighted by molar-refractivity contribution is 5.01. The first kappa shape index (κ1) is 12.0. The summed E-state index contributed by atoms with van der Waals surface area (Å²) in [6, 6.07) is 0. The lowest BCUT2D eigenvalue weighted by atomic mass is 9.49. The summed E-state index contributed by atoms with van der Waals surface area (Å²) in [5.41, 5.74) is 0.711. The van der Waals surface area contributed by atoms with E-state index in [2.05, 4.69) is 13.8 Å². The zero-order valence-corrected chi connectivity index (χ0v) is 11.6. The molecule has 17 heavy (non-hydrogen) atoms. The van der Waals surface area contributed by atoms with Gasteiger partial charge in [0, 0.05) is 6.61 Å². The second kappa shape index (κ2) is 4.57. The molecule has 4 aliphatic rings. The van der Waals surface area contributed by atoms with Gasteiger partial charge in [0.25, 0.3) is 0 Å². The van der Waals surface area contributed by atoms with E-state index in [4.69, 9.17) is 4.74 Å². The lowest BCUT2D eigenvalue weighted by Gasteiger charge is -2.57. The average Bonchev–Trinajstić information content (AvgIpc) is 2.26. The van der Waals surface area contributed by atoms with E-state index in [1.165, 1.54) is 25.7 Å². The largest absolute Gasteiger partial charge is 0.378 e. The van der Waals surface area contributed by atoms with Crippen LogP contribution in [0, 0.1) is 23.2 Å². The molecule has 0 aromatic heterocycles. The number of ether oxygens (including phenoxy) is 1. The molecule has 98 valence electrons. The van der Waals surface area contributed by atoms with Crippen molar-refractivity contribution in [3.63, 3.8) is 0 Å². The highest BCUT2D eigenvalue weighted by Gasteiger charge is 2.50. The SMILES string of the molecule is CCC(C)OCCC12CC3CC(CC(C3)C1)C2. The second-order valence-corrected chi connectivity index (χ2v) is 7.26. The molecular weight excluding hydrogens is 208 g/mol. The van der Waals surface area contributed by atoms with Crippen molar-refractivity contribution in [2.45, 2.75) is 71.3 Å². The third-order valence-electron chi connectivity index (χ3n) is 5.77. The first-order chi connectivity index (χ1) is 8.19. The van der Waals surface area contributed by atoms with Crippen molar-refractivity contribution >= 4 is 0 Å². The Morgan fingerprint density at radius 3 is 2.06 bits per heavy atom. The maximum Gasteiger partial charge on any atom is 0.0544 e. The third kappa shape index (κ3) is 2.41. The van der Waals surface area contributed by atoms with Crippen LogP contribution in [0.4, 0.5) is 0 Å². The van der Waals surface area contributed by atoms with Crippen LogP contribution in [-0.2, 0) is 4.74 Å². The Kier molecular flexibility index (Phi) is 3.23. The molecule has 1 unspecified atom stereocenters. The fourth-order valence-corrected chi connectivity index (χ4v) is 5.19. The quantitative estimate of drug-likeness (QED) is 0.687. The molecule has 0 aromatic carbocycles. The summed E-state index contributed by atoms with van der Waals surface area (Å²) in [6.45, 7) is 5.44. The molecule has 4 rings (SSSR count). The van der Waals surface area contributed by atoms with E-state index in [1.807, 2.05) is 0 Å². The third-order valence-corrected chi connectivity index (χ3v) is 5.77. The molecule has 4 aliphatic carbocycles. The van der Waals surface area contributed by atoms with Crippen molar-refractivity contribution in [2.75, 3.05) is 6.61 Å². The highest BCUT2D eigenvalue weighted by atomic mass is 16.5. The topological polar surface area (TPSA) is 9.23 Å². The Balaban J connectivity index is 1.55. The summed E-state index contributed by atoms with van der Waals surface area (Å²) in [4.78, 5) is 0. The summed E-state index contributed by atoms with van der Waals surface area (Å²) >= 11 is 0. The lowest BCUT2D eigenvalue weighted by molar-refractivity contribution is -0.0741. The van der Waals surface area contributed by atoms with E-state index >= 15 is 0 Å². The fraction of sp³-hybridized carbons (Fsp3) is 1.00. The van der Waals surface area contributed by atoms with Gasteiger partial charge >= 0.3 is 0 Å². The molecular formula is C16H28O. The van der Waals surface area contributed by atoms with Gasteiger partial charge in [-0.15, -0.1) is 0 Å². The van der Waals surface area contributed by atoms with E-state index in [0.717, 1.165) is 30.8 Å². The molecule has 0 spiro atoms. The van der Waals surface area contributed by atoms with Crippen LogP contribution in [0.5, 0.6) is 0 Å². The number of hydrogen-bond donors (Lipinski definition) is 0. The molecule has 1 atom stereocenters. The summed E-state index contributed by atoms with van der Waals surface area (Å²) in [7, 11) is 0. The van der Waals surface area contributed by atoms with Gasteiger partial charge in [0.1, 0.15) is 0 Å². The van der Waals surface area contributed by atoms with Gasteiger partial charge in [0.2, 0.25) is 0 Å². The number of rotatable bonds is 5. The van der Waals surface area contributed by atoms with Crippen molar-refractivity contribution in [3.05, 3.63) is 0 Å². The maximum atomic E-state index is 5.93. The van der Waals surface area contributed by atoms with Gasteiger partial charge in [-0.25, -0.2) is 0 Å². The van der Waals surface area contributed by atoms with E-state index in [9.17, 15) is 0 Å². The van der Waals surface area contributed by atoms with E-state index in [-0.39, 0.29) is 0 Å². The van der Waals surface area contributed by atoms with Crippen LogP contribution in [0.15, 0.2) is 0 Å². The Bertz CT molecular complexity index is 235. The maximum absolute atomic E-state index is 5.93. The van der Waals surface area contributed by atoms with Crippen molar-refractivity contribution in [1.29, 1.82) is 0 Å². The summed E-state index contributed by atoms with van der Waals surface area (Å²) in [6.07, 6.45) is 12.2. The van der Waals surface area contributed by atoms with Crippen LogP contribution < -0.4 is 0 Å². The van der Waals surface area contributed by atoms with Crippen molar-refractivity contribution in [2.24, 2.45) is 23.2 Å². The molecule has 1 nitrogen and oxygen atoms in total. The Morgan fingerprint density at radius 1 is 1.06 bits per heavy atom. The first-order valence-electron chi connectivity index (χ1n) is 7.81. The average molecular weight is 236 g/mol. The minimum absolute atomic E-state index is 0.462. The van der Waals surface area contributed by atoms with Crippen LogP contribution in [-0.4, -0.2) is 12.7 Å². The van der Waals surface area contributed by atoms with Gasteiger partial charge in [0.05, 0.1) is 6.10 Å². The molecule has 0 saturated heterocycles. The van der Waals surface area contributed by atoms with Crippen molar-refractivity contribution in [1.82, 2.24) is 0 Å². The van der Waals surface area contributed by atoms with Crippen LogP contribution in [0.3, 0.4) is 0 Å². The summed E-state index contributed by atoms with van der Waals surface area (Å²) < 4.78 is 5.93. The predicted octanol–water partition coefficient (Wildman–Crippen LogP) is 4.41. The number of hydrogen-bond acceptors (Lipinski definition) is 1. The Morgan fingerprint density at radius 2 is 1.59 bits per heavy atom. The van der Waals surface area contributed by atoms with E-state index in [1.54, 1.807) is 19.3 Å². The van der Waals surface area contributed by atoms with Gasteiger partial charge in [-0.05, 0) is 81.5 Å². The van der Waals surface area contributed by atoms with Gasteiger partial charge in [-0.1, -0.05) is 6.92 Å². The van der Waals surface area contributed by atoms with E-state index in [0.29, 0.717) is 11.5 Å². The molecule has 1 heteroatoms. The monoisotopic (exact) mass is 236 g/mol. The molecule has 0 N–H and O–H groups in total. The predicted molar refractivity (Wildman–Crippen MR) is 70.9 cm³/mol. The molecule has 4 bridgehead atoms. The molecule has 4 fully saturated rings. The normalized spacial score (nSPS) is 45.2. The molecule has 4 saturated carbocycles. The smallest absolute Gasteiger partial charge is 0.0544 e. The molecule has 0 amide bonds. The minimum atomic E-state index is 0.462. The zero-order chi connectivity index (χ0) is 11.9. The first-order valence-corrected chi connectivity index (χ1v) is 7.81. The van der Waals surface area contributed by atoms with Crippen LogP contribution >= 0.6 is 0 Å². The fourth-order valence-electron chi connectivity index (χ4n) is 5.19. The minimum Gasteiger partial charge on any atom is -0.378 e. The van der Waals surface area contributed by atoms with Gasteiger partial charge in [-0.2, -0.15) is 0 Å². The Hall–Kier alpha value is -0.0400. The van der Waals surface area contributed by atoms with Gasteiger partial charge in [0.15, 0.2) is 0 Å². The standard InChI is InChI=1S/C16H28O/c1-3-12(2)17-5-4-16-9-13-6-14(10-16)8-15(7-13)11-16/h12-15H,3-11H2,1-2H3. The van der Waals surface area contributed by atoms with E-state index < -0.39 is 0 Å². The van der Waals surface area contributed by atoms with Gasteiger partial charge in [-0.3, -0.25) is 0 Å². The van der Waals surface area contributed by atoms with Crippen molar-refractivity contribution < 1.29 is 4.74 Å². The van der Waals surface area contributed by atoms with Crippen LogP contribution in [0.25, 0.3) is 0 Å². The summed E-state index contributed by atoms with van der Waals surface area (Å²) in [5.74, 6) is 3.26. The second-order valence-electron chi connectivity index (χ2n) is 7.26. The zero-order valence-electron chi connectivity index (χ0n) is 11.6. The molecule has 0 aromatic rings. The molecule has 0 aliphatic heterocycles. The molecule has 0 heterocycles. The van der Waals surface area contributed by atoms with Gasteiger partial charge < -0.3 is 4.74 Å². The lowest BCUT2D eigenvalue weighted by Crippen LogP contribution is -2.46. The van der Waals surface area contributed by atoms with Crippen LogP contribution in [0.1, 0.15) is 65.2 Å².